The van der Waals surface area contributed by atoms with Gasteiger partial charge in [-0.15, -0.1) is 0 Å². The molecule has 4 heteroatoms. The van der Waals surface area contributed by atoms with Crippen LogP contribution in [-0.4, -0.2) is 18.2 Å². The van der Waals surface area contributed by atoms with Crippen molar-refractivity contribution in [3.8, 4) is 44.9 Å². The first-order chi connectivity index (χ1) is 24.5. The van der Waals surface area contributed by atoms with Crippen molar-refractivity contribution in [3.05, 3.63) is 108 Å². The Kier molecular flexibility index (Phi) is 12.4. The summed E-state index contributed by atoms with van der Waals surface area (Å²) >= 11 is 3.63. The molecule has 50 heavy (non-hydrogen) atoms. The molecule has 0 aliphatic carbocycles. The van der Waals surface area contributed by atoms with Gasteiger partial charge in [-0.3, -0.25) is 0 Å². The van der Waals surface area contributed by atoms with Crippen molar-refractivity contribution < 1.29 is 9.47 Å². The Morgan fingerprint density at radius 3 is 1.58 bits per heavy atom. The number of H-pyrrole nitrogens is 1. The first kappa shape index (κ1) is 35.8. The maximum Gasteiger partial charge on any atom is 0.119 e. The van der Waals surface area contributed by atoms with E-state index in [0.29, 0.717) is 11.8 Å². The number of unbranched alkanes of at least 4 members (excludes halogenated alkanes) is 2. The van der Waals surface area contributed by atoms with Gasteiger partial charge in [0.2, 0.25) is 0 Å². The molecule has 0 bridgehead atoms. The molecule has 0 saturated heterocycles. The molecular formula is C46H52BrNO2. The first-order valence-corrected chi connectivity index (χ1v) is 19.6. The highest BCUT2D eigenvalue weighted by Gasteiger charge is 2.15. The molecule has 0 saturated carbocycles. The monoisotopic (exact) mass is 729 g/mol. The van der Waals surface area contributed by atoms with Crippen LogP contribution in [0.5, 0.6) is 11.5 Å². The average Bonchev–Trinajstić information content (AvgIpc) is 3.53. The van der Waals surface area contributed by atoms with Crippen LogP contribution >= 0.6 is 15.9 Å². The molecule has 0 spiro atoms. The van der Waals surface area contributed by atoms with Gasteiger partial charge >= 0.3 is 0 Å². The second kappa shape index (κ2) is 17.3. The number of aromatic amines is 1. The van der Waals surface area contributed by atoms with Crippen molar-refractivity contribution in [3.63, 3.8) is 0 Å². The minimum atomic E-state index is 0.609. The molecule has 0 radical (unpaired) electrons. The lowest BCUT2D eigenvalue weighted by atomic mass is 9.95. The minimum absolute atomic E-state index is 0.609. The van der Waals surface area contributed by atoms with Gasteiger partial charge in [0.15, 0.2) is 0 Å². The lowest BCUT2D eigenvalue weighted by Gasteiger charge is -2.16. The van der Waals surface area contributed by atoms with Crippen LogP contribution in [0.3, 0.4) is 0 Å². The van der Waals surface area contributed by atoms with Crippen LogP contribution in [0.2, 0.25) is 0 Å². The highest BCUT2D eigenvalue weighted by molar-refractivity contribution is 9.10. The normalized spacial score (nSPS) is 12.7. The van der Waals surface area contributed by atoms with Gasteiger partial charge in [-0.2, -0.15) is 0 Å². The maximum absolute atomic E-state index is 6.26. The average molecular weight is 731 g/mol. The van der Waals surface area contributed by atoms with Crippen LogP contribution in [-0.2, 0) is 0 Å². The standard InChI is InChI=1S/C46H52BrNO2/c1-5-9-11-32(7-3)30-49-40-22-15-34(16-23-40)37-19-26-45-43(27-37)44-29-38(28-42(46(44)48-45)36-13-20-39(47)21-14-36)35-17-24-41(25-18-35)50-31-33(8-4)12-10-6-2/h13-29,32-33,48H,5-12,30-31H2,1-4H3. The van der Waals surface area contributed by atoms with E-state index in [1.165, 1.54) is 82.7 Å². The molecule has 1 aromatic heterocycles. The predicted octanol–water partition coefficient (Wildman–Crippen LogP) is 14.3. The molecule has 6 rings (SSSR count). The van der Waals surface area contributed by atoms with Gasteiger partial charge < -0.3 is 14.5 Å². The van der Waals surface area contributed by atoms with Gasteiger partial charge in [-0.1, -0.05) is 125 Å². The first-order valence-electron chi connectivity index (χ1n) is 18.8. The molecule has 260 valence electrons. The number of fused-ring (bicyclic) bond motifs is 3. The lowest BCUT2D eigenvalue weighted by molar-refractivity contribution is 0.233. The van der Waals surface area contributed by atoms with E-state index in [9.17, 15) is 0 Å². The number of nitrogens with one attached hydrogen (secondary N) is 1. The van der Waals surface area contributed by atoms with Crippen LogP contribution in [0.15, 0.2) is 108 Å². The van der Waals surface area contributed by atoms with Crippen molar-refractivity contribution in [1.29, 1.82) is 0 Å². The highest BCUT2D eigenvalue weighted by Crippen LogP contribution is 2.39. The summed E-state index contributed by atoms with van der Waals surface area (Å²) in [5, 5.41) is 2.44. The van der Waals surface area contributed by atoms with Crippen molar-refractivity contribution in [2.45, 2.75) is 79.1 Å². The Morgan fingerprint density at radius 1 is 0.540 bits per heavy atom. The van der Waals surface area contributed by atoms with Crippen LogP contribution in [0.25, 0.3) is 55.2 Å². The van der Waals surface area contributed by atoms with E-state index < -0.39 is 0 Å². The Labute approximate surface area is 307 Å². The zero-order chi connectivity index (χ0) is 34.9. The van der Waals surface area contributed by atoms with Gasteiger partial charge in [0, 0.05) is 26.3 Å². The summed E-state index contributed by atoms with van der Waals surface area (Å²) in [6.45, 7) is 10.6. The maximum atomic E-state index is 6.26. The van der Waals surface area contributed by atoms with Crippen LogP contribution in [0.4, 0.5) is 0 Å². The summed E-state index contributed by atoms with van der Waals surface area (Å²) in [6, 6.07) is 37.3. The third kappa shape index (κ3) is 8.64. The van der Waals surface area contributed by atoms with Crippen LogP contribution < -0.4 is 9.47 Å². The van der Waals surface area contributed by atoms with E-state index in [1.54, 1.807) is 0 Å². The highest BCUT2D eigenvalue weighted by atomic mass is 79.9. The molecule has 1 N–H and O–H groups in total. The van der Waals surface area contributed by atoms with Crippen molar-refractivity contribution in [1.82, 2.24) is 4.98 Å². The van der Waals surface area contributed by atoms with E-state index >= 15 is 0 Å². The van der Waals surface area contributed by atoms with Crippen LogP contribution in [0.1, 0.15) is 79.1 Å². The Bertz CT molecular complexity index is 1960. The zero-order valence-electron chi connectivity index (χ0n) is 30.2. The molecule has 2 unspecified atom stereocenters. The fraction of sp³-hybridized carbons (Fsp3) is 0.348. The number of rotatable bonds is 17. The molecule has 0 aliphatic heterocycles. The van der Waals surface area contributed by atoms with Crippen molar-refractivity contribution in [2.75, 3.05) is 13.2 Å². The molecule has 0 amide bonds. The summed E-state index contributed by atoms with van der Waals surface area (Å²) in [6.07, 6.45) is 9.78. The molecule has 3 nitrogen and oxygen atoms in total. The fourth-order valence-corrected chi connectivity index (χ4v) is 7.18. The van der Waals surface area contributed by atoms with Crippen molar-refractivity contribution in [2.24, 2.45) is 11.8 Å². The number of benzene rings is 5. The Balaban J connectivity index is 1.31. The largest absolute Gasteiger partial charge is 0.493 e. The topological polar surface area (TPSA) is 34.2 Å². The number of halogens is 1. The lowest BCUT2D eigenvalue weighted by Crippen LogP contribution is -2.11. The summed E-state index contributed by atoms with van der Waals surface area (Å²) in [7, 11) is 0. The Morgan fingerprint density at radius 2 is 1.04 bits per heavy atom. The van der Waals surface area contributed by atoms with Crippen LogP contribution in [0, 0.1) is 11.8 Å². The summed E-state index contributed by atoms with van der Waals surface area (Å²) < 4.78 is 13.5. The second-order valence-electron chi connectivity index (χ2n) is 13.8. The van der Waals surface area contributed by atoms with E-state index in [4.69, 9.17) is 9.47 Å². The van der Waals surface area contributed by atoms with Gasteiger partial charge in [-0.25, -0.2) is 0 Å². The van der Waals surface area contributed by atoms with E-state index in [-0.39, 0.29) is 0 Å². The molecule has 1 heterocycles. The van der Waals surface area contributed by atoms with E-state index in [2.05, 4.69) is 152 Å². The summed E-state index contributed by atoms with van der Waals surface area (Å²) in [5.74, 6) is 3.11. The number of hydrogen-bond donors (Lipinski definition) is 1. The van der Waals surface area contributed by atoms with Crippen molar-refractivity contribution >= 4 is 37.7 Å². The second-order valence-corrected chi connectivity index (χ2v) is 14.8. The number of hydrogen-bond acceptors (Lipinski definition) is 2. The van der Waals surface area contributed by atoms with Gasteiger partial charge in [0.05, 0.1) is 18.7 Å². The molecule has 6 aromatic rings. The molecule has 2 atom stereocenters. The SMILES string of the molecule is CCCCC(CC)COc1ccc(-c2ccc3[nH]c4c(-c5ccc(Br)cc5)cc(-c5ccc(OCC(CC)CCCC)cc5)cc4c3c2)cc1. The van der Waals surface area contributed by atoms with E-state index in [0.717, 1.165) is 53.1 Å². The molecule has 5 aromatic carbocycles. The van der Waals surface area contributed by atoms with E-state index in [1.807, 2.05) is 0 Å². The quantitative estimate of drug-likeness (QED) is 0.101. The molecule has 0 fully saturated rings. The molecule has 0 aliphatic rings. The van der Waals surface area contributed by atoms with Gasteiger partial charge in [-0.05, 0) is 113 Å². The molecular weight excluding hydrogens is 678 g/mol. The Hall–Kier alpha value is -4.02. The zero-order valence-corrected chi connectivity index (χ0v) is 31.8. The third-order valence-electron chi connectivity index (χ3n) is 10.3. The smallest absolute Gasteiger partial charge is 0.119 e. The minimum Gasteiger partial charge on any atom is -0.493 e. The van der Waals surface area contributed by atoms with Gasteiger partial charge in [0.25, 0.3) is 0 Å². The fourth-order valence-electron chi connectivity index (χ4n) is 6.91. The summed E-state index contributed by atoms with van der Waals surface area (Å²) in [5.41, 5.74) is 9.40. The third-order valence-corrected chi connectivity index (χ3v) is 10.8. The number of ether oxygens (including phenoxy) is 2. The van der Waals surface area contributed by atoms with Gasteiger partial charge in [0.1, 0.15) is 11.5 Å². The number of aromatic nitrogens is 1. The predicted molar refractivity (Wildman–Crippen MR) is 217 cm³/mol. The summed E-state index contributed by atoms with van der Waals surface area (Å²) in [4.78, 5) is 3.78.